The molecule has 0 unspecified atom stereocenters. The first-order valence-electron chi connectivity index (χ1n) is 6.03. The van der Waals surface area contributed by atoms with Crippen LogP contribution in [0.1, 0.15) is 21.6 Å². The number of ether oxygens (including phenoxy) is 1. The summed E-state index contributed by atoms with van der Waals surface area (Å²) in [5, 5.41) is 20.2. The van der Waals surface area contributed by atoms with Crippen LogP contribution < -0.4 is 4.74 Å². The van der Waals surface area contributed by atoms with Crippen LogP contribution in [0.4, 0.5) is 5.69 Å². The molecule has 1 aromatic carbocycles. The second kappa shape index (κ2) is 5.58. The van der Waals surface area contributed by atoms with Crippen LogP contribution in [0.2, 0.25) is 0 Å². The van der Waals surface area contributed by atoms with E-state index in [1.165, 1.54) is 18.2 Å². The summed E-state index contributed by atoms with van der Waals surface area (Å²) in [6, 6.07) is 7.33. The maximum atomic E-state index is 11.3. The Hall–Kier alpha value is -2.96. The zero-order valence-corrected chi connectivity index (χ0v) is 11.4. The van der Waals surface area contributed by atoms with Gasteiger partial charge >= 0.3 is 11.7 Å². The van der Waals surface area contributed by atoms with Gasteiger partial charge in [0.2, 0.25) is 11.6 Å². The molecule has 7 nitrogen and oxygen atoms in total. The van der Waals surface area contributed by atoms with Crippen molar-refractivity contribution in [3.8, 4) is 11.6 Å². The van der Waals surface area contributed by atoms with Gasteiger partial charge in [-0.05, 0) is 31.5 Å². The molecule has 2 rings (SSSR count). The second-order valence-corrected chi connectivity index (χ2v) is 4.39. The van der Waals surface area contributed by atoms with Crippen LogP contribution in [0, 0.1) is 24.0 Å². The summed E-state index contributed by atoms with van der Waals surface area (Å²) in [5.74, 6) is -1.41. The molecule has 0 atom stereocenters. The fraction of sp³-hybridized carbons (Fsp3) is 0.143. The zero-order valence-electron chi connectivity index (χ0n) is 11.4. The first kappa shape index (κ1) is 14.4. The number of hydrogen-bond donors (Lipinski definition) is 1. The predicted molar refractivity (Wildman–Crippen MR) is 73.8 cm³/mol. The summed E-state index contributed by atoms with van der Waals surface area (Å²) < 4.78 is 5.39. The summed E-state index contributed by atoms with van der Waals surface area (Å²) in [5.41, 5.74) is 0.670. The molecule has 7 heteroatoms. The Morgan fingerprint density at radius 2 is 2.00 bits per heavy atom. The van der Waals surface area contributed by atoms with Gasteiger partial charge in [0.25, 0.3) is 0 Å². The molecule has 0 aliphatic heterocycles. The molecule has 0 bridgehead atoms. The number of nitro benzene ring substituents is 1. The van der Waals surface area contributed by atoms with Gasteiger partial charge in [0, 0.05) is 11.8 Å². The van der Waals surface area contributed by atoms with Crippen molar-refractivity contribution >= 4 is 11.7 Å². The Morgan fingerprint density at radius 3 is 2.62 bits per heavy atom. The predicted octanol–water partition coefficient (Wildman–Crippen LogP) is 3.10. The Bertz CT molecular complexity index is 727. The third kappa shape index (κ3) is 2.97. The number of benzene rings is 1. The molecule has 0 aliphatic rings. The number of aromatic nitrogens is 1. The topological polar surface area (TPSA) is 103 Å². The number of pyridine rings is 1. The number of para-hydroxylation sites is 2. The van der Waals surface area contributed by atoms with E-state index in [1.54, 1.807) is 26.0 Å². The van der Waals surface area contributed by atoms with Crippen molar-refractivity contribution in [1.29, 1.82) is 0 Å². The van der Waals surface area contributed by atoms with E-state index < -0.39 is 10.9 Å². The number of nitrogens with zero attached hydrogens (tertiary/aromatic N) is 2. The van der Waals surface area contributed by atoms with Gasteiger partial charge in [-0.3, -0.25) is 10.1 Å². The van der Waals surface area contributed by atoms with Gasteiger partial charge in [0.05, 0.1) is 4.92 Å². The average Bonchev–Trinajstić information content (AvgIpc) is 2.37. The van der Waals surface area contributed by atoms with Gasteiger partial charge in [-0.15, -0.1) is 0 Å². The molecule has 0 saturated heterocycles. The lowest BCUT2D eigenvalue weighted by atomic mass is 10.1. The molecular weight excluding hydrogens is 276 g/mol. The zero-order chi connectivity index (χ0) is 15.6. The summed E-state index contributed by atoms with van der Waals surface area (Å²) >= 11 is 0. The normalized spacial score (nSPS) is 10.2. The number of nitro groups is 1. The van der Waals surface area contributed by atoms with E-state index in [0.29, 0.717) is 11.3 Å². The minimum absolute atomic E-state index is 0.0532. The van der Waals surface area contributed by atoms with Crippen LogP contribution in [-0.4, -0.2) is 21.0 Å². The van der Waals surface area contributed by atoms with Crippen molar-refractivity contribution in [1.82, 2.24) is 4.98 Å². The fourth-order valence-corrected chi connectivity index (χ4v) is 1.93. The quantitative estimate of drug-likeness (QED) is 0.685. The van der Waals surface area contributed by atoms with Gasteiger partial charge in [-0.25, -0.2) is 9.78 Å². The van der Waals surface area contributed by atoms with Gasteiger partial charge < -0.3 is 9.84 Å². The van der Waals surface area contributed by atoms with Gasteiger partial charge in [0.1, 0.15) is 5.56 Å². The van der Waals surface area contributed by atoms with Crippen molar-refractivity contribution < 1.29 is 19.6 Å². The largest absolute Gasteiger partial charge is 0.477 e. The van der Waals surface area contributed by atoms with E-state index in [1.807, 2.05) is 0 Å². The lowest BCUT2D eigenvalue weighted by Crippen LogP contribution is -2.06. The molecule has 2 aromatic rings. The van der Waals surface area contributed by atoms with E-state index in [4.69, 9.17) is 4.74 Å². The number of carbonyl (C=O) groups is 1. The van der Waals surface area contributed by atoms with Crippen molar-refractivity contribution in [2.24, 2.45) is 0 Å². The monoisotopic (exact) mass is 288 g/mol. The minimum atomic E-state index is -1.20. The summed E-state index contributed by atoms with van der Waals surface area (Å²) in [6.45, 7) is 3.30. The molecular formula is C14H12N2O5. The first-order valence-corrected chi connectivity index (χ1v) is 6.03. The van der Waals surface area contributed by atoms with Crippen LogP contribution in [0.5, 0.6) is 11.6 Å². The lowest BCUT2D eigenvalue weighted by Gasteiger charge is -2.10. The second-order valence-electron chi connectivity index (χ2n) is 4.39. The van der Waals surface area contributed by atoms with Crippen LogP contribution in [0.25, 0.3) is 0 Å². The average molecular weight is 288 g/mol. The highest BCUT2D eigenvalue weighted by Crippen LogP contribution is 2.32. The highest BCUT2D eigenvalue weighted by atomic mass is 16.6. The molecule has 1 N–H and O–H groups in total. The van der Waals surface area contributed by atoms with E-state index in [0.717, 1.165) is 0 Å². The summed E-state index contributed by atoms with van der Waals surface area (Å²) in [4.78, 5) is 25.7. The van der Waals surface area contributed by atoms with Crippen LogP contribution in [-0.2, 0) is 0 Å². The van der Waals surface area contributed by atoms with Crippen molar-refractivity contribution in [3.05, 3.63) is 57.3 Å². The minimum Gasteiger partial charge on any atom is -0.477 e. The highest BCUT2D eigenvalue weighted by Gasteiger charge is 2.21. The van der Waals surface area contributed by atoms with Crippen molar-refractivity contribution in [3.63, 3.8) is 0 Å². The molecule has 0 fully saturated rings. The molecule has 0 amide bonds. The third-order valence-corrected chi connectivity index (χ3v) is 2.79. The number of carboxylic acid groups (broad SMARTS) is 1. The van der Waals surface area contributed by atoms with E-state index in [9.17, 15) is 20.0 Å². The fourth-order valence-electron chi connectivity index (χ4n) is 1.93. The van der Waals surface area contributed by atoms with Crippen molar-refractivity contribution in [2.45, 2.75) is 13.8 Å². The highest BCUT2D eigenvalue weighted by molar-refractivity contribution is 5.92. The van der Waals surface area contributed by atoms with Crippen LogP contribution in [0.3, 0.4) is 0 Å². The maximum absolute atomic E-state index is 11.3. The molecule has 0 saturated carbocycles. The Balaban J connectivity index is 2.54. The third-order valence-electron chi connectivity index (χ3n) is 2.79. The number of aromatic carboxylic acids is 1. The molecule has 0 aliphatic carbocycles. The lowest BCUT2D eigenvalue weighted by molar-refractivity contribution is -0.385. The van der Waals surface area contributed by atoms with E-state index >= 15 is 0 Å². The van der Waals surface area contributed by atoms with Gasteiger partial charge in [-0.1, -0.05) is 12.1 Å². The van der Waals surface area contributed by atoms with Crippen LogP contribution in [0.15, 0.2) is 30.3 Å². The first-order chi connectivity index (χ1) is 9.90. The standard InChI is InChI=1S/C14H12N2O5/c1-8-7-9(2)15-13(12(8)14(17)18)21-11-6-4-3-5-10(11)16(19)20/h3-7H,1-2H3,(H,17,18). The van der Waals surface area contributed by atoms with Crippen LogP contribution >= 0.6 is 0 Å². The summed E-state index contributed by atoms with van der Waals surface area (Å²) in [6.07, 6.45) is 0. The molecule has 21 heavy (non-hydrogen) atoms. The maximum Gasteiger partial charge on any atom is 0.341 e. The molecule has 0 radical (unpaired) electrons. The summed E-state index contributed by atoms with van der Waals surface area (Å²) in [7, 11) is 0. The van der Waals surface area contributed by atoms with Gasteiger partial charge in [-0.2, -0.15) is 0 Å². The smallest absolute Gasteiger partial charge is 0.341 e. The van der Waals surface area contributed by atoms with E-state index in [-0.39, 0.29) is 22.9 Å². The Kier molecular flexibility index (Phi) is 3.84. The number of aryl methyl sites for hydroxylation is 2. The molecule has 1 heterocycles. The number of rotatable bonds is 4. The van der Waals surface area contributed by atoms with Crippen molar-refractivity contribution in [2.75, 3.05) is 0 Å². The van der Waals surface area contributed by atoms with Gasteiger partial charge in [0.15, 0.2) is 0 Å². The number of carboxylic acids is 1. The Labute approximate surface area is 120 Å². The SMILES string of the molecule is Cc1cc(C)c(C(=O)O)c(Oc2ccccc2[N+](=O)[O-])n1. The molecule has 1 aromatic heterocycles. The number of hydrogen-bond acceptors (Lipinski definition) is 5. The molecule has 108 valence electrons. The van der Waals surface area contributed by atoms with E-state index in [2.05, 4.69) is 4.98 Å². The Morgan fingerprint density at radius 1 is 1.33 bits per heavy atom. The molecule has 0 spiro atoms.